The molecular formula is C21H25N3O7S. The van der Waals surface area contributed by atoms with Gasteiger partial charge in [0, 0.05) is 25.1 Å². The number of benzene rings is 2. The third-order valence-electron chi connectivity index (χ3n) is 4.26. The van der Waals surface area contributed by atoms with Gasteiger partial charge in [-0.3, -0.25) is 4.79 Å². The van der Waals surface area contributed by atoms with Crippen molar-refractivity contribution in [2.45, 2.75) is 17.4 Å². The van der Waals surface area contributed by atoms with Crippen LogP contribution in [-0.4, -0.2) is 59.5 Å². The van der Waals surface area contributed by atoms with Gasteiger partial charge in [-0.15, -0.1) is 0 Å². The van der Waals surface area contributed by atoms with Gasteiger partial charge in [0.05, 0.1) is 25.2 Å². The first-order valence-electron chi connectivity index (χ1n) is 9.59. The van der Waals surface area contributed by atoms with E-state index in [4.69, 9.17) is 19.5 Å². The van der Waals surface area contributed by atoms with E-state index in [9.17, 15) is 18.3 Å². The molecule has 2 aromatic carbocycles. The molecule has 0 saturated heterocycles. The standard InChI is InChI=1S/C21H25N3O7S/c1-29-18-5-3-6-19(30-2)20(18)31-14-16(25)13-23-21(26)15-7-9-17(10-8-15)32(27,28)24-12-4-11-22/h3,5-10,16,24-25H,4,12-14H2,1-2H3,(H,23,26). The highest BCUT2D eigenvalue weighted by Gasteiger charge is 2.16. The summed E-state index contributed by atoms with van der Waals surface area (Å²) >= 11 is 0. The monoisotopic (exact) mass is 463 g/mol. The van der Waals surface area contributed by atoms with Crippen molar-refractivity contribution in [3.05, 3.63) is 48.0 Å². The van der Waals surface area contributed by atoms with Crippen LogP contribution in [0.25, 0.3) is 0 Å². The molecule has 1 atom stereocenters. The molecule has 0 aromatic heterocycles. The number of methoxy groups -OCH3 is 2. The Balaban J connectivity index is 1.89. The van der Waals surface area contributed by atoms with E-state index in [1.54, 1.807) is 18.2 Å². The van der Waals surface area contributed by atoms with Crippen LogP contribution in [0.1, 0.15) is 16.8 Å². The van der Waals surface area contributed by atoms with Gasteiger partial charge < -0.3 is 24.6 Å². The topological polar surface area (TPSA) is 147 Å². The second-order valence-corrected chi connectivity index (χ2v) is 8.26. The number of rotatable bonds is 12. The number of sulfonamides is 1. The van der Waals surface area contributed by atoms with Gasteiger partial charge in [0.25, 0.3) is 5.91 Å². The van der Waals surface area contributed by atoms with Crippen LogP contribution in [0.3, 0.4) is 0 Å². The predicted octanol–water partition coefficient (Wildman–Crippen LogP) is 1.07. The van der Waals surface area contributed by atoms with Crippen molar-refractivity contribution in [1.82, 2.24) is 10.0 Å². The minimum atomic E-state index is -3.76. The fourth-order valence-corrected chi connectivity index (χ4v) is 3.65. The molecule has 0 spiro atoms. The molecule has 10 nitrogen and oxygen atoms in total. The quantitative estimate of drug-likeness (QED) is 0.396. The first-order chi connectivity index (χ1) is 15.3. The zero-order valence-electron chi connectivity index (χ0n) is 17.7. The van der Waals surface area contributed by atoms with Gasteiger partial charge in [0.2, 0.25) is 15.8 Å². The number of hydrogen-bond donors (Lipinski definition) is 3. The molecule has 0 radical (unpaired) electrons. The Morgan fingerprint density at radius 2 is 1.75 bits per heavy atom. The maximum absolute atomic E-state index is 12.3. The van der Waals surface area contributed by atoms with Crippen LogP contribution in [0.5, 0.6) is 17.2 Å². The molecule has 0 saturated carbocycles. The SMILES string of the molecule is COc1cccc(OC)c1OCC(O)CNC(=O)c1ccc(S(=O)(=O)NCCC#N)cc1. The summed E-state index contributed by atoms with van der Waals surface area (Å²) in [5.74, 6) is 0.735. The molecule has 0 fully saturated rings. The molecule has 1 unspecified atom stereocenters. The van der Waals surface area contributed by atoms with E-state index < -0.39 is 22.0 Å². The van der Waals surface area contributed by atoms with E-state index in [-0.39, 0.29) is 36.6 Å². The number of nitrogens with one attached hydrogen (secondary N) is 2. The Labute approximate surface area is 186 Å². The molecule has 1 amide bonds. The second-order valence-electron chi connectivity index (χ2n) is 6.50. The van der Waals surface area contributed by atoms with Crippen molar-refractivity contribution in [2.24, 2.45) is 0 Å². The molecule has 2 rings (SSSR count). The van der Waals surface area contributed by atoms with E-state index in [1.807, 2.05) is 6.07 Å². The van der Waals surface area contributed by atoms with E-state index in [1.165, 1.54) is 38.5 Å². The lowest BCUT2D eigenvalue weighted by Gasteiger charge is -2.17. The number of amides is 1. The van der Waals surface area contributed by atoms with Gasteiger partial charge in [0.1, 0.15) is 12.7 Å². The molecule has 0 aliphatic heterocycles. The summed E-state index contributed by atoms with van der Waals surface area (Å²) in [5, 5.41) is 21.2. The number of aliphatic hydroxyl groups is 1. The van der Waals surface area contributed by atoms with E-state index in [0.29, 0.717) is 17.2 Å². The van der Waals surface area contributed by atoms with Crippen LogP contribution < -0.4 is 24.2 Å². The molecule has 2 aromatic rings. The fourth-order valence-electron chi connectivity index (χ4n) is 2.62. The molecular weight excluding hydrogens is 438 g/mol. The zero-order valence-corrected chi connectivity index (χ0v) is 18.5. The average Bonchev–Trinajstić information content (AvgIpc) is 2.81. The maximum atomic E-state index is 12.3. The minimum Gasteiger partial charge on any atom is -0.493 e. The molecule has 11 heteroatoms. The number of nitrogens with zero attached hydrogens (tertiary/aromatic N) is 1. The van der Waals surface area contributed by atoms with Crippen LogP contribution in [0.4, 0.5) is 0 Å². The number of para-hydroxylation sites is 1. The van der Waals surface area contributed by atoms with Gasteiger partial charge in [-0.2, -0.15) is 5.26 Å². The van der Waals surface area contributed by atoms with E-state index >= 15 is 0 Å². The van der Waals surface area contributed by atoms with E-state index in [0.717, 1.165) is 0 Å². The molecule has 32 heavy (non-hydrogen) atoms. The Bertz CT molecular complexity index is 1030. The number of ether oxygens (including phenoxy) is 3. The Morgan fingerprint density at radius 1 is 1.12 bits per heavy atom. The summed E-state index contributed by atoms with van der Waals surface area (Å²) in [4.78, 5) is 12.3. The van der Waals surface area contributed by atoms with Crippen molar-refractivity contribution >= 4 is 15.9 Å². The number of aliphatic hydroxyl groups excluding tert-OH is 1. The zero-order chi connectivity index (χ0) is 23.6. The van der Waals surface area contributed by atoms with Gasteiger partial charge in [0.15, 0.2) is 11.5 Å². The molecule has 0 aliphatic rings. The molecule has 172 valence electrons. The smallest absolute Gasteiger partial charge is 0.251 e. The second kappa shape index (κ2) is 11.9. The van der Waals surface area contributed by atoms with Crippen molar-refractivity contribution in [1.29, 1.82) is 5.26 Å². The first-order valence-corrected chi connectivity index (χ1v) is 11.1. The average molecular weight is 464 g/mol. The molecule has 0 bridgehead atoms. The lowest BCUT2D eigenvalue weighted by Crippen LogP contribution is -2.35. The van der Waals surface area contributed by atoms with Crippen LogP contribution >= 0.6 is 0 Å². The maximum Gasteiger partial charge on any atom is 0.251 e. The highest BCUT2D eigenvalue weighted by Crippen LogP contribution is 2.36. The van der Waals surface area contributed by atoms with Crippen molar-refractivity contribution in [3.63, 3.8) is 0 Å². The Kier molecular flexibility index (Phi) is 9.27. The molecule has 3 N–H and O–H groups in total. The van der Waals surface area contributed by atoms with Gasteiger partial charge in [-0.1, -0.05) is 6.07 Å². The van der Waals surface area contributed by atoms with Crippen LogP contribution in [-0.2, 0) is 10.0 Å². The number of carbonyl (C=O) groups is 1. The summed E-state index contributed by atoms with van der Waals surface area (Å²) in [5.41, 5.74) is 0.223. The Hall–Kier alpha value is -3.33. The van der Waals surface area contributed by atoms with Crippen LogP contribution in [0.15, 0.2) is 47.4 Å². The molecule has 0 heterocycles. The van der Waals surface area contributed by atoms with Crippen LogP contribution in [0, 0.1) is 11.3 Å². The summed E-state index contributed by atoms with van der Waals surface area (Å²) in [7, 11) is -0.789. The normalized spacial score (nSPS) is 11.8. The van der Waals surface area contributed by atoms with Gasteiger partial charge >= 0.3 is 0 Å². The molecule has 0 aliphatic carbocycles. The summed E-state index contributed by atoms with van der Waals surface area (Å²) < 4.78 is 42.5. The minimum absolute atomic E-state index is 0.00175. The largest absolute Gasteiger partial charge is 0.493 e. The summed E-state index contributed by atoms with van der Waals surface area (Å²) in [6, 6.07) is 12.3. The number of hydrogen-bond acceptors (Lipinski definition) is 8. The number of nitriles is 1. The van der Waals surface area contributed by atoms with Crippen LogP contribution in [0.2, 0.25) is 0 Å². The van der Waals surface area contributed by atoms with Crippen molar-refractivity contribution in [3.8, 4) is 23.3 Å². The first kappa shape index (κ1) is 24.9. The lowest BCUT2D eigenvalue weighted by atomic mass is 10.2. The highest BCUT2D eigenvalue weighted by atomic mass is 32.2. The van der Waals surface area contributed by atoms with Gasteiger partial charge in [-0.05, 0) is 36.4 Å². The summed E-state index contributed by atoms with van der Waals surface area (Å²) in [6.45, 7) is -0.212. The third kappa shape index (κ3) is 6.84. The van der Waals surface area contributed by atoms with Gasteiger partial charge in [-0.25, -0.2) is 13.1 Å². The number of carbonyl (C=O) groups excluding carboxylic acids is 1. The highest BCUT2D eigenvalue weighted by molar-refractivity contribution is 7.89. The third-order valence-corrected chi connectivity index (χ3v) is 5.73. The van der Waals surface area contributed by atoms with Crippen molar-refractivity contribution in [2.75, 3.05) is 33.9 Å². The predicted molar refractivity (Wildman–Crippen MR) is 115 cm³/mol. The fraction of sp³-hybridized carbons (Fsp3) is 0.333. The summed E-state index contributed by atoms with van der Waals surface area (Å²) in [6.07, 6.45) is -0.965. The van der Waals surface area contributed by atoms with Crippen molar-refractivity contribution < 1.29 is 32.5 Å². The lowest BCUT2D eigenvalue weighted by molar-refractivity contribution is 0.0833. The van der Waals surface area contributed by atoms with E-state index in [2.05, 4.69) is 10.0 Å². The Morgan fingerprint density at radius 3 is 2.31 bits per heavy atom.